The van der Waals surface area contributed by atoms with E-state index in [4.69, 9.17) is 5.11 Å². The molecule has 3 rings (SSSR count). The monoisotopic (exact) mass is 230 g/mol. The number of aromatic carboxylic acids is 1. The highest BCUT2D eigenvalue weighted by Crippen LogP contribution is 2.25. The van der Waals surface area contributed by atoms with Crippen molar-refractivity contribution in [3.05, 3.63) is 36.2 Å². The van der Waals surface area contributed by atoms with Crippen molar-refractivity contribution in [2.75, 3.05) is 11.9 Å². The lowest BCUT2D eigenvalue weighted by molar-refractivity contribution is 0.0690. The van der Waals surface area contributed by atoms with Crippen molar-refractivity contribution in [2.45, 2.75) is 6.42 Å². The summed E-state index contributed by atoms with van der Waals surface area (Å²) in [6, 6.07) is 1.84. The summed E-state index contributed by atoms with van der Waals surface area (Å²) in [5, 5.41) is 12.3. The fraction of sp³-hybridized carbons (Fsp3) is 0.182. The molecule has 0 fully saturated rings. The number of hydrogen-bond acceptors (Lipinski definition) is 4. The van der Waals surface area contributed by atoms with Gasteiger partial charge in [-0.3, -0.25) is 4.98 Å². The Morgan fingerprint density at radius 3 is 3.24 bits per heavy atom. The van der Waals surface area contributed by atoms with E-state index in [1.807, 2.05) is 6.07 Å². The first-order chi connectivity index (χ1) is 8.27. The first-order valence-electron chi connectivity index (χ1n) is 5.25. The summed E-state index contributed by atoms with van der Waals surface area (Å²) >= 11 is 0. The minimum atomic E-state index is -0.990. The van der Waals surface area contributed by atoms with Crippen LogP contribution in [0.5, 0.6) is 0 Å². The van der Waals surface area contributed by atoms with Gasteiger partial charge in [0.05, 0.1) is 23.3 Å². The average Bonchev–Trinajstić information content (AvgIpc) is 2.66. The van der Waals surface area contributed by atoms with Crippen LogP contribution in [0.2, 0.25) is 0 Å². The number of nitrogens with one attached hydrogen (secondary N) is 1. The Labute approximate surface area is 96.9 Å². The van der Waals surface area contributed by atoms with Crippen molar-refractivity contribution in [3.63, 3.8) is 0 Å². The molecule has 2 aromatic heterocycles. The lowest BCUT2D eigenvalue weighted by atomic mass is 10.2. The van der Waals surface area contributed by atoms with E-state index in [9.17, 15) is 4.79 Å². The second-order valence-electron chi connectivity index (χ2n) is 3.78. The molecule has 0 radical (unpaired) electrons. The van der Waals surface area contributed by atoms with E-state index in [0.29, 0.717) is 13.0 Å². The summed E-state index contributed by atoms with van der Waals surface area (Å²) in [5.74, 6) is -0.990. The van der Waals surface area contributed by atoms with Crippen LogP contribution in [0.25, 0.3) is 5.69 Å². The summed E-state index contributed by atoms with van der Waals surface area (Å²) in [6.45, 7) is 0.671. The lowest BCUT2D eigenvalue weighted by Gasteiger charge is -2.07. The molecule has 3 heterocycles. The predicted octanol–water partition coefficient (Wildman–Crippen LogP) is 0.934. The number of pyridine rings is 1. The second kappa shape index (κ2) is 3.58. The van der Waals surface area contributed by atoms with E-state index in [1.54, 1.807) is 23.3 Å². The molecule has 0 aromatic carbocycles. The number of fused-ring (bicyclic) bond motifs is 3. The zero-order valence-electron chi connectivity index (χ0n) is 8.92. The SMILES string of the molecule is O=C(O)c1ncn2c1CCNc1cnccc1-2. The van der Waals surface area contributed by atoms with Gasteiger partial charge in [-0.1, -0.05) is 0 Å². The molecule has 17 heavy (non-hydrogen) atoms. The van der Waals surface area contributed by atoms with Gasteiger partial charge in [0.25, 0.3) is 0 Å². The number of carboxylic acids is 1. The number of carbonyl (C=O) groups is 1. The topological polar surface area (TPSA) is 80.0 Å². The summed E-state index contributed by atoms with van der Waals surface area (Å²) < 4.78 is 1.81. The van der Waals surface area contributed by atoms with E-state index in [-0.39, 0.29) is 5.69 Å². The van der Waals surface area contributed by atoms with Gasteiger partial charge in [0.2, 0.25) is 0 Å². The number of anilines is 1. The van der Waals surface area contributed by atoms with Crippen molar-refractivity contribution >= 4 is 11.7 Å². The largest absolute Gasteiger partial charge is 0.476 e. The van der Waals surface area contributed by atoms with Gasteiger partial charge < -0.3 is 15.0 Å². The van der Waals surface area contributed by atoms with Crippen molar-refractivity contribution in [2.24, 2.45) is 0 Å². The molecular formula is C11H10N4O2. The standard InChI is InChI=1S/C11H10N4O2/c16-11(17)10-9-2-4-13-7-5-12-3-1-8(7)15(9)6-14-10/h1,3,5-6,13H,2,4H2,(H,16,17). The lowest BCUT2D eigenvalue weighted by Crippen LogP contribution is -2.07. The molecule has 0 unspecified atom stereocenters. The minimum Gasteiger partial charge on any atom is -0.476 e. The van der Waals surface area contributed by atoms with E-state index < -0.39 is 5.97 Å². The van der Waals surface area contributed by atoms with Gasteiger partial charge in [0.15, 0.2) is 5.69 Å². The third kappa shape index (κ3) is 1.45. The van der Waals surface area contributed by atoms with Gasteiger partial charge in [-0.2, -0.15) is 0 Å². The van der Waals surface area contributed by atoms with Gasteiger partial charge in [0.1, 0.15) is 6.33 Å². The number of rotatable bonds is 1. The number of aromatic nitrogens is 3. The van der Waals surface area contributed by atoms with Crippen molar-refractivity contribution in [1.82, 2.24) is 14.5 Å². The Hall–Kier alpha value is -2.37. The van der Waals surface area contributed by atoms with E-state index in [2.05, 4.69) is 15.3 Å². The van der Waals surface area contributed by atoms with Crippen LogP contribution in [-0.4, -0.2) is 32.2 Å². The molecule has 0 bridgehead atoms. The Balaban J connectivity index is 2.24. The zero-order valence-corrected chi connectivity index (χ0v) is 8.92. The van der Waals surface area contributed by atoms with E-state index >= 15 is 0 Å². The van der Waals surface area contributed by atoms with Crippen molar-refractivity contribution in [3.8, 4) is 5.69 Å². The molecule has 2 aromatic rings. The van der Waals surface area contributed by atoms with Gasteiger partial charge in [0, 0.05) is 19.2 Å². The number of imidazole rings is 1. The van der Waals surface area contributed by atoms with Crippen LogP contribution >= 0.6 is 0 Å². The number of hydrogen-bond donors (Lipinski definition) is 2. The molecule has 0 atom stereocenters. The highest BCUT2D eigenvalue weighted by molar-refractivity contribution is 5.87. The maximum atomic E-state index is 11.0. The van der Waals surface area contributed by atoms with Gasteiger partial charge >= 0.3 is 5.97 Å². The highest BCUT2D eigenvalue weighted by atomic mass is 16.4. The normalized spacial score (nSPS) is 13.2. The molecule has 6 nitrogen and oxygen atoms in total. The molecule has 2 N–H and O–H groups in total. The van der Waals surface area contributed by atoms with Crippen LogP contribution in [-0.2, 0) is 6.42 Å². The first kappa shape index (κ1) is 9.83. The van der Waals surface area contributed by atoms with Gasteiger partial charge in [-0.05, 0) is 6.07 Å². The fourth-order valence-electron chi connectivity index (χ4n) is 2.05. The van der Waals surface area contributed by atoms with Crippen LogP contribution in [0.3, 0.4) is 0 Å². The third-order valence-corrected chi connectivity index (χ3v) is 2.80. The summed E-state index contributed by atoms with van der Waals surface area (Å²) in [5.41, 5.74) is 2.61. The highest BCUT2D eigenvalue weighted by Gasteiger charge is 2.21. The van der Waals surface area contributed by atoms with E-state index in [0.717, 1.165) is 17.1 Å². The van der Waals surface area contributed by atoms with Crippen LogP contribution in [0, 0.1) is 0 Å². The van der Waals surface area contributed by atoms with Crippen LogP contribution in [0.4, 0.5) is 5.69 Å². The molecule has 86 valence electrons. The Morgan fingerprint density at radius 1 is 1.53 bits per heavy atom. The predicted molar refractivity (Wildman–Crippen MR) is 60.5 cm³/mol. The Morgan fingerprint density at radius 2 is 2.41 bits per heavy atom. The third-order valence-electron chi connectivity index (χ3n) is 2.80. The second-order valence-corrected chi connectivity index (χ2v) is 3.78. The molecule has 1 aliphatic rings. The number of nitrogens with zero attached hydrogens (tertiary/aromatic N) is 3. The van der Waals surface area contributed by atoms with Crippen LogP contribution in [0.1, 0.15) is 16.2 Å². The Bertz CT molecular complexity index is 591. The van der Waals surface area contributed by atoms with Crippen molar-refractivity contribution < 1.29 is 9.90 Å². The van der Waals surface area contributed by atoms with Crippen LogP contribution < -0.4 is 5.32 Å². The van der Waals surface area contributed by atoms with Crippen molar-refractivity contribution in [1.29, 1.82) is 0 Å². The number of carboxylic acid groups (broad SMARTS) is 1. The summed E-state index contributed by atoms with van der Waals surface area (Å²) in [6.07, 6.45) is 5.57. The quantitative estimate of drug-likeness (QED) is 0.761. The van der Waals surface area contributed by atoms with E-state index in [1.165, 1.54) is 0 Å². The zero-order chi connectivity index (χ0) is 11.8. The molecule has 0 aliphatic carbocycles. The maximum absolute atomic E-state index is 11.0. The molecule has 6 heteroatoms. The fourth-order valence-corrected chi connectivity index (χ4v) is 2.05. The summed E-state index contributed by atoms with van der Waals surface area (Å²) in [7, 11) is 0. The van der Waals surface area contributed by atoms with Crippen LogP contribution in [0.15, 0.2) is 24.8 Å². The molecule has 1 aliphatic heterocycles. The molecule has 0 spiro atoms. The molecule has 0 saturated heterocycles. The van der Waals surface area contributed by atoms with Gasteiger partial charge in [-0.25, -0.2) is 9.78 Å². The molecule has 0 amide bonds. The first-order valence-corrected chi connectivity index (χ1v) is 5.25. The molecule has 0 saturated carbocycles. The van der Waals surface area contributed by atoms with Gasteiger partial charge in [-0.15, -0.1) is 0 Å². The summed E-state index contributed by atoms with van der Waals surface area (Å²) in [4.78, 5) is 19.0. The maximum Gasteiger partial charge on any atom is 0.356 e. The minimum absolute atomic E-state index is 0.122. The smallest absolute Gasteiger partial charge is 0.356 e. The Kier molecular flexibility index (Phi) is 2.07. The average molecular weight is 230 g/mol. The molecular weight excluding hydrogens is 220 g/mol.